The molecule has 0 fully saturated rings. The minimum absolute atomic E-state index is 0.159. The minimum Gasteiger partial charge on any atom is -0.392 e. The number of aromatic nitrogens is 2. The number of ether oxygens (including phenoxy) is 2. The summed E-state index contributed by atoms with van der Waals surface area (Å²) in [5.41, 5.74) is 4.97. The summed E-state index contributed by atoms with van der Waals surface area (Å²) >= 11 is 6.73. The van der Waals surface area contributed by atoms with Crippen LogP contribution in [0.5, 0.6) is 0 Å². The number of nitrogens with one attached hydrogen (secondary N) is 2. The predicted octanol–water partition coefficient (Wildman–Crippen LogP) is 5.39. The fraction of sp³-hybridized carbons (Fsp3) is 0.172. The number of carbonyl (C=O) groups excluding carboxylic acids is 2. The van der Waals surface area contributed by atoms with Gasteiger partial charge in [-0.25, -0.2) is 0 Å². The van der Waals surface area contributed by atoms with Gasteiger partial charge in [-0.2, -0.15) is 0 Å². The smallest absolute Gasteiger partial charge is 0.274 e. The molecule has 0 bridgehead atoms. The van der Waals surface area contributed by atoms with Crippen molar-refractivity contribution in [3.63, 3.8) is 0 Å². The Morgan fingerprint density at radius 2 is 1.44 bits per heavy atom. The van der Waals surface area contributed by atoms with Crippen LogP contribution >= 0.6 is 11.6 Å². The summed E-state index contributed by atoms with van der Waals surface area (Å²) in [5, 5.41) is 15.2. The molecule has 0 aliphatic heterocycles. The van der Waals surface area contributed by atoms with E-state index in [1.165, 1.54) is 32.7 Å². The van der Waals surface area contributed by atoms with E-state index in [2.05, 4.69) is 20.6 Å². The summed E-state index contributed by atoms with van der Waals surface area (Å²) in [6, 6.07) is 17.3. The van der Waals surface area contributed by atoms with E-state index < -0.39 is 12.2 Å². The van der Waals surface area contributed by atoms with Crippen molar-refractivity contribution >= 4 is 34.8 Å². The van der Waals surface area contributed by atoms with Crippen molar-refractivity contribution in [2.24, 2.45) is 0 Å². The molecule has 0 aliphatic rings. The number of methoxy groups -OCH3 is 2. The Hall–Kier alpha value is -4.15. The quantitative estimate of drug-likeness (QED) is 0.240. The molecule has 0 aliphatic carbocycles. The van der Waals surface area contributed by atoms with Crippen LogP contribution in [-0.4, -0.2) is 41.1 Å². The Morgan fingerprint density at radius 1 is 0.846 bits per heavy atom. The van der Waals surface area contributed by atoms with Gasteiger partial charge in [0.2, 0.25) is 0 Å². The van der Waals surface area contributed by atoms with Gasteiger partial charge in [-0.3, -0.25) is 19.6 Å². The van der Waals surface area contributed by atoms with E-state index >= 15 is 0 Å². The molecular weight excluding hydrogens is 520 g/mol. The lowest BCUT2D eigenvalue weighted by atomic mass is 9.98. The van der Waals surface area contributed by atoms with Gasteiger partial charge in [0.05, 0.1) is 17.3 Å². The molecule has 0 radical (unpaired) electrons. The topological polar surface area (TPSA) is 123 Å². The van der Waals surface area contributed by atoms with Crippen LogP contribution in [0.4, 0.5) is 11.4 Å². The van der Waals surface area contributed by atoms with Gasteiger partial charge < -0.3 is 25.2 Å². The first kappa shape index (κ1) is 27.9. The van der Waals surface area contributed by atoms with Crippen molar-refractivity contribution in [3.8, 4) is 11.1 Å². The maximum atomic E-state index is 12.9. The summed E-state index contributed by atoms with van der Waals surface area (Å²) in [6.45, 7) is 1.71. The second-order valence-electron chi connectivity index (χ2n) is 8.54. The monoisotopic (exact) mass is 546 g/mol. The molecule has 39 heavy (non-hydrogen) atoms. The number of anilines is 2. The van der Waals surface area contributed by atoms with Gasteiger partial charge in [-0.05, 0) is 47.9 Å². The molecule has 2 aromatic carbocycles. The van der Waals surface area contributed by atoms with Crippen LogP contribution in [0, 0.1) is 6.92 Å². The number of hydrogen-bond acceptors (Lipinski definition) is 7. The van der Waals surface area contributed by atoms with Crippen LogP contribution in [0.3, 0.4) is 0 Å². The molecule has 2 heterocycles. The first-order chi connectivity index (χ1) is 18.9. The highest BCUT2D eigenvalue weighted by Gasteiger charge is 2.17. The third kappa shape index (κ3) is 6.30. The lowest BCUT2D eigenvalue weighted by Crippen LogP contribution is -2.15. The van der Waals surface area contributed by atoms with Crippen molar-refractivity contribution in [1.82, 2.24) is 9.97 Å². The van der Waals surface area contributed by atoms with E-state index in [-0.39, 0.29) is 23.9 Å². The fourth-order valence-electron chi connectivity index (χ4n) is 3.97. The van der Waals surface area contributed by atoms with E-state index in [1.807, 2.05) is 25.1 Å². The van der Waals surface area contributed by atoms with Crippen LogP contribution < -0.4 is 10.6 Å². The zero-order valence-electron chi connectivity index (χ0n) is 21.6. The molecule has 0 saturated heterocycles. The maximum absolute atomic E-state index is 12.9. The Labute approximate surface area is 230 Å². The summed E-state index contributed by atoms with van der Waals surface area (Å²) < 4.78 is 10.4. The number of halogens is 1. The third-order valence-electron chi connectivity index (χ3n) is 6.08. The molecular formula is C29H27ClN4O5. The SMILES string of the molecule is COC(OC)c1ccc(C(=O)Nc2cccc(-c3cccc(NC(=O)c4ccc(CO)cn4)c3Cl)c2C)nc1. The van der Waals surface area contributed by atoms with Crippen LogP contribution in [-0.2, 0) is 16.1 Å². The third-order valence-corrected chi connectivity index (χ3v) is 6.49. The van der Waals surface area contributed by atoms with Crippen molar-refractivity contribution in [2.75, 3.05) is 24.9 Å². The van der Waals surface area contributed by atoms with Crippen molar-refractivity contribution < 1.29 is 24.2 Å². The number of aliphatic hydroxyl groups is 1. The van der Waals surface area contributed by atoms with Crippen molar-refractivity contribution in [2.45, 2.75) is 19.8 Å². The lowest BCUT2D eigenvalue weighted by Gasteiger charge is -2.16. The molecule has 0 atom stereocenters. The molecule has 0 saturated carbocycles. The number of nitrogens with zero attached hydrogens (tertiary/aromatic N) is 2. The van der Waals surface area contributed by atoms with Crippen LogP contribution in [0.25, 0.3) is 11.1 Å². The highest BCUT2D eigenvalue weighted by Crippen LogP contribution is 2.37. The number of carbonyl (C=O) groups is 2. The number of pyridine rings is 2. The Bertz CT molecular complexity index is 1470. The van der Waals surface area contributed by atoms with Crippen molar-refractivity contribution in [3.05, 3.63) is 106 Å². The number of rotatable bonds is 9. The molecule has 0 spiro atoms. The molecule has 200 valence electrons. The summed E-state index contributed by atoms with van der Waals surface area (Å²) in [6.07, 6.45) is 2.41. The van der Waals surface area contributed by atoms with Gasteiger partial charge in [0.15, 0.2) is 6.29 Å². The zero-order valence-corrected chi connectivity index (χ0v) is 22.3. The molecule has 10 heteroatoms. The van der Waals surface area contributed by atoms with Gasteiger partial charge in [0, 0.05) is 43.4 Å². The highest BCUT2D eigenvalue weighted by atomic mass is 35.5. The van der Waals surface area contributed by atoms with E-state index in [1.54, 1.807) is 36.4 Å². The largest absolute Gasteiger partial charge is 0.392 e. The Balaban J connectivity index is 1.55. The van der Waals surface area contributed by atoms with Gasteiger partial charge in [0.1, 0.15) is 11.4 Å². The standard InChI is InChI=1S/C29H27ClN4O5/c1-17-20(6-4-8-22(17)33-27(36)25-13-11-19(15-32-25)29(38-2)39-3)21-7-5-9-23(26(21)30)34-28(37)24-12-10-18(16-35)14-31-24/h4-15,29,35H,16H2,1-3H3,(H,33,36)(H,34,37). The van der Waals surface area contributed by atoms with Crippen LogP contribution in [0.1, 0.15) is 44.0 Å². The van der Waals surface area contributed by atoms with Gasteiger partial charge in [0.25, 0.3) is 11.8 Å². The van der Waals surface area contributed by atoms with Gasteiger partial charge in [-0.15, -0.1) is 0 Å². The second kappa shape index (κ2) is 12.6. The summed E-state index contributed by atoms with van der Waals surface area (Å²) in [7, 11) is 3.05. The minimum atomic E-state index is -0.568. The number of aliphatic hydroxyl groups excluding tert-OH is 1. The maximum Gasteiger partial charge on any atom is 0.274 e. The van der Waals surface area contributed by atoms with E-state index in [0.717, 1.165) is 11.1 Å². The first-order valence-electron chi connectivity index (χ1n) is 11.9. The van der Waals surface area contributed by atoms with E-state index in [4.69, 9.17) is 21.1 Å². The Kier molecular flexibility index (Phi) is 9.00. The molecule has 2 aromatic heterocycles. The van der Waals surface area contributed by atoms with Crippen LogP contribution in [0.15, 0.2) is 73.1 Å². The molecule has 4 rings (SSSR count). The molecule has 3 N–H and O–H groups in total. The molecule has 9 nitrogen and oxygen atoms in total. The molecule has 2 amide bonds. The van der Waals surface area contributed by atoms with Gasteiger partial charge >= 0.3 is 0 Å². The normalized spacial score (nSPS) is 10.9. The highest BCUT2D eigenvalue weighted by molar-refractivity contribution is 6.36. The van der Waals surface area contributed by atoms with Crippen molar-refractivity contribution in [1.29, 1.82) is 0 Å². The fourth-order valence-corrected chi connectivity index (χ4v) is 4.25. The average molecular weight is 547 g/mol. The number of benzene rings is 2. The predicted molar refractivity (Wildman–Crippen MR) is 149 cm³/mol. The van der Waals surface area contributed by atoms with E-state index in [0.29, 0.717) is 33.1 Å². The molecule has 0 unspecified atom stereocenters. The summed E-state index contributed by atoms with van der Waals surface area (Å²) in [4.78, 5) is 34.0. The van der Waals surface area contributed by atoms with E-state index in [9.17, 15) is 14.7 Å². The van der Waals surface area contributed by atoms with Crippen LogP contribution in [0.2, 0.25) is 5.02 Å². The zero-order chi connectivity index (χ0) is 27.9. The van der Waals surface area contributed by atoms with Gasteiger partial charge in [-0.1, -0.05) is 48.0 Å². The summed E-state index contributed by atoms with van der Waals surface area (Å²) in [5.74, 6) is -0.808. The Morgan fingerprint density at radius 3 is 2.00 bits per heavy atom. The lowest BCUT2D eigenvalue weighted by molar-refractivity contribution is -0.106. The first-order valence-corrected chi connectivity index (χ1v) is 12.3. The number of hydrogen-bond donors (Lipinski definition) is 3. The second-order valence-corrected chi connectivity index (χ2v) is 8.92. The number of amides is 2. The average Bonchev–Trinajstić information content (AvgIpc) is 2.96. The molecule has 4 aromatic rings.